The third-order valence-corrected chi connectivity index (χ3v) is 2.99. The van der Waals surface area contributed by atoms with Crippen LogP contribution in [0.1, 0.15) is 37.6 Å². The number of carbonyl (C=O) groups is 1. The van der Waals surface area contributed by atoms with Crippen molar-refractivity contribution in [1.82, 2.24) is 5.32 Å². The van der Waals surface area contributed by atoms with Gasteiger partial charge < -0.3 is 15.2 Å². The Labute approximate surface area is 114 Å². The van der Waals surface area contributed by atoms with Gasteiger partial charge in [-0.2, -0.15) is 0 Å². The molecular weight excluding hydrogens is 242 g/mol. The minimum Gasteiger partial charge on any atom is -0.494 e. The molecule has 1 aromatic carbocycles. The molecule has 0 aromatic heterocycles. The molecule has 1 aromatic rings. The monoisotopic (exact) mass is 265 g/mol. The molecule has 1 unspecified atom stereocenters. The molecule has 2 N–H and O–H groups in total. The number of amides is 1. The Balaban J connectivity index is 2.66. The van der Waals surface area contributed by atoms with Gasteiger partial charge in [0.05, 0.1) is 6.61 Å². The lowest BCUT2D eigenvalue weighted by molar-refractivity contribution is 0.0916. The van der Waals surface area contributed by atoms with Crippen LogP contribution in [0, 0.1) is 5.92 Å². The van der Waals surface area contributed by atoms with Crippen LogP contribution in [-0.2, 0) is 0 Å². The molecule has 0 bridgehead atoms. The third-order valence-electron chi connectivity index (χ3n) is 2.99. The fourth-order valence-corrected chi connectivity index (χ4v) is 1.83. The first kappa shape index (κ1) is 15.5. The summed E-state index contributed by atoms with van der Waals surface area (Å²) in [5.74, 6) is 0.934. The summed E-state index contributed by atoms with van der Waals surface area (Å²) < 4.78 is 5.33. The van der Waals surface area contributed by atoms with Crippen molar-refractivity contribution in [2.75, 3.05) is 13.2 Å². The fourth-order valence-electron chi connectivity index (χ4n) is 1.83. The molecule has 0 fully saturated rings. The number of benzene rings is 1. The summed E-state index contributed by atoms with van der Waals surface area (Å²) in [5.41, 5.74) is 0.604. The zero-order valence-electron chi connectivity index (χ0n) is 11.8. The number of hydrogen-bond donors (Lipinski definition) is 2. The lowest BCUT2D eigenvalue weighted by atomic mass is 10.0. The van der Waals surface area contributed by atoms with Crippen molar-refractivity contribution in [3.8, 4) is 5.75 Å². The van der Waals surface area contributed by atoms with Crippen LogP contribution in [-0.4, -0.2) is 30.3 Å². The Morgan fingerprint density at radius 2 is 1.95 bits per heavy atom. The van der Waals surface area contributed by atoms with E-state index in [1.54, 1.807) is 24.3 Å². The van der Waals surface area contributed by atoms with Crippen molar-refractivity contribution >= 4 is 5.91 Å². The van der Waals surface area contributed by atoms with Crippen molar-refractivity contribution < 1.29 is 14.6 Å². The first-order chi connectivity index (χ1) is 9.08. The molecule has 1 atom stereocenters. The smallest absolute Gasteiger partial charge is 0.251 e. The van der Waals surface area contributed by atoms with Gasteiger partial charge in [0.15, 0.2) is 0 Å². The molecular formula is C15H23NO3. The normalized spacial score (nSPS) is 12.3. The highest BCUT2D eigenvalue weighted by atomic mass is 16.5. The van der Waals surface area contributed by atoms with Gasteiger partial charge in [-0.15, -0.1) is 0 Å². The van der Waals surface area contributed by atoms with Gasteiger partial charge in [0.2, 0.25) is 0 Å². The molecule has 0 aliphatic carbocycles. The van der Waals surface area contributed by atoms with Crippen molar-refractivity contribution in [3.05, 3.63) is 29.8 Å². The summed E-state index contributed by atoms with van der Waals surface area (Å²) >= 11 is 0. The van der Waals surface area contributed by atoms with Crippen molar-refractivity contribution in [2.45, 2.75) is 33.2 Å². The predicted molar refractivity (Wildman–Crippen MR) is 75.4 cm³/mol. The molecule has 19 heavy (non-hydrogen) atoms. The fraction of sp³-hybridized carbons (Fsp3) is 0.533. The van der Waals surface area contributed by atoms with E-state index in [9.17, 15) is 4.79 Å². The van der Waals surface area contributed by atoms with E-state index < -0.39 is 0 Å². The summed E-state index contributed by atoms with van der Waals surface area (Å²) in [6.45, 7) is 6.66. The molecule has 0 aliphatic heterocycles. The standard InChI is InChI=1S/C15H23NO3/c1-4-19-13-7-5-12(6-8-13)15(18)16-14(9-10-17)11(2)3/h5-8,11,14,17H,4,9-10H2,1-3H3,(H,16,18). The molecule has 0 saturated carbocycles. The predicted octanol–water partition coefficient (Wildman–Crippen LogP) is 2.22. The van der Waals surface area contributed by atoms with E-state index >= 15 is 0 Å². The first-order valence-electron chi connectivity index (χ1n) is 6.73. The summed E-state index contributed by atoms with van der Waals surface area (Å²) in [5, 5.41) is 11.9. The quantitative estimate of drug-likeness (QED) is 0.794. The largest absolute Gasteiger partial charge is 0.494 e. The highest BCUT2D eigenvalue weighted by Gasteiger charge is 2.16. The van der Waals surface area contributed by atoms with Gasteiger partial charge >= 0.3 is 0 Å². The maximum Gasteiger partial charge on any atom is 0.251 e. The first-order valence-corrected chi connectivity index (χ1v) is 6.73. The number of nitrogens with one attached hydrogen (secondary N) is 1. The van der Waals surface area contributed by atoms with Crippen LogP contribution in [0.25, 0.3) is 0 Å². The van der Waals surface area contributed by atoms with Crippen LogP contribution in [0.5, 0.6) is 5.75 Å². The average molecular weight is 265 g/mol. The van der Waals surface area contributed by atoms with E-state index in [1.807, 2.05) is 20.8 Å². The second-order valence-corrected chi connectivity index (χ2v) is 4.79. The van der Waals surface area contributed by atoms with E-state index in [1.165, 1.54) is 0 Å². The highest BCUT2D eigenvalue weighted by Crippen LogP contribution is 2.13. The second-order valence-electron chi connectivity index (χ2n) is 4.79. The second kappa shape index (κ2) is 7.79. The maximum atomic E-state index is 12.1. The summed E-state index contributed by atoms with van der Waals surface area (Å²) in [7, 11) is 0. The molecule has 4 heteroatoms. The van der Waals surface area contributed by atoms with Crippen molar-refractivity contribution in [3.63, 3.8) is 0 Å². The Hall–Kier alpha value is -1.55. The number of hydrogen-bond acceptors (Lipinski definition) is 3. The summed E-state index contributed by atoms with van der Waals surface area (Å²) in [6.07, 6.45) is 0.570. The summed E-state index contributed by atoms with van der Waals surface area (Å²) in [4.78, 5) is 12.1. The molecule has 4 nitrogen and oxygen atoms in total. The summed E-state index contributed by atoms with van der Waals surface area (Å²) in [6, 6.07) is 7.06. The molecule has 0 saturated heterocycles. The molecule has 1 rings (SSSR count). The van der Waals surface area contributed by atoms with E-state index in [2.05, 4.69) is 5.32 Å². The zero-order chi connectivity index (χ0) is 14.3. The average Bonchev–Trinajstić information content (AvgIpc) is 2.39. The lowest BCUT2D eigenvalue weighted by Crippen LogP contribution is -2.39. The van der Waals surface area contributed by atoms with Gasteiger partial charge in [-0.25, -0.2) is 0 Å². The van der Waals surface area contributed by atoms with Crippen LogP contribution in [0.4, 0.5) is 0 Å². The third kappa shape index (κ3) is 4.91. The van der Waals surface area contributed by atoms with Crippen LogP contribution in [0.2, 0.25) is 0 Å². The zero-order valence-corrected chi connectivity index (χ0v) is 11.8. The molecule has 106 valence electrons. The van der Waals surface area contributed by atoms with E-state index in [0.717, 1.165) is 5.75 Å². The number of rotatable bonds is 7. The Bertz CT molecular complexity index is 387. The molecule has 0 heterocycles. The van der Waals surface area contributed by atoms with E-state index in [4.69, 9.17) is 9.84 Å². The van der Waals surface area contributed by atoms with Crippen molar-refractivity contribution in [2.24, 2.45) is 5.92 Å². The van der Waals surface area contributed by atoms with Crippen LogP contribution in [0.15, 0.2) is 24.3 Å². The number of aliphatic hydroxyl groups is 1. The number of ether oxygens (including phenoxy) is 1. The van der Waals surface area contributed by atoms with Crippen molar-refractivity contribution in [1.29, 1.82) is 0 Å². The van der Waals surface area contributed by atoms with Gasteiger partial charge in [-0.3, -0.25) is 4.79 Å². The number of carbonyl (C=O) groups excluding carboxylic acids is 1. The Morgan fingerprint density at radius 3 is 2.42 bits per heavy atom. The van der Waals surface area contributed by atoms with Crippen LogP contribution in [0.3, 0.4) is 0 Å². The van der Waals surface area contributed by atoms with Crippen LogP contribution >= 0.6 is 0 Å². The minimum atomic E-state index is -0.116. The highest BCUT2D eigenvalue weighted by molar-refractivity contribution is 5.94. The van der Waals surface area contributed by atoms with E-state index in [0.29, 0.717) is 24.5 Å². The van der Waals surface area contributed by atoms with Gasteiger partial charge in [-0.1, -0.05) is 13.8 Å². The molecule has 0 aliphatic rings. The van der Waals surface area contributed by atoms with E-state index in [-0.39, 0.29) is 18.6 Å². The number of aliphatic hydroxyl groups excluding tert-OH is 1. The van der Waals surface area contributed by atoms with Gasteiger partial charge in [0.1, 0.15) is 5.75 Å². The molecule has 0 radical (unpaired) electrons. The molecule has 1 amide bonds. The molecule has 0 spiro atoms. The Kier molecular flexibility index (Phi) is 6.36. The van der Waals surface area contributed by atoms with Gasteiger partial charge in [-0.05, 0) is 43.5 Å². The Morgan fingerprint density at radius 1 is 1.32 bits per heavy atom. The lowest BCUT2D eigenvalue weighted by Gasteiger charge is -2.21. The SMILES string of the molecule is CCOc1ccc(C(=O)NC(CCO)C(C)C)cc1. The maximum absolute atomic E-state index is 12.1. The minimum absolute atomic E-state index is 0.0101. The topological polar surface area (TPSA) is 58.6 Å². The van der Waals surface area contributed by atoms with Gasteiger partial charge in [0, 0.05) is 18.2 Å². The van der Waals surface area contributed by atoms with Gasteiger partial charge in [0.25, 0.3) is 5.91 Å². The van der Waals surface area contributed by atoms with Crippen LogP contribution < -0.4 is 10.1 Å².